The van der Waals surface area contributed by atoms with E-state index in [1.807, 2.05) is 0 Å². The Balaban J connectivity index is 3.71. The molecule has 0 aliphatic carbocycles. The molecule has 20 heavy (non-hydrogen) atoms. The second kappa shape index (κ2) is 14.8. The van der Waals surface area contributed by atoms with Crippen molar-refractivity contribution in [2.24, 2.45) is 0 Å². The molecule has 0 aromatic heterocycles. The van der Waals surface area contributed by atoms with Crippen LogP contribution in [0.2, 0.25) is 0 Å². The molecule has 0 atom stereocenters. The molecule has 0 rings (SSSR count). The molecule has 0 heterocycles. The highest BCUT2D eigenvalue weighted by atomic mass is 16.4. The lowest BCUT2D eigenvalue weighted by Crippen LogP contribution is -2.28. The van der Waals surface area contributed by atoms with Crippen LogP contribution in [0.15, 0.2) is 0 Å². The lowest BCUT2D eigenvalue weighted by atomic mass is 10.1. The van der Waals surface area contributed by atoms with Gasteiger partial charge in [-0.3, -0.25) is 4.79 Å². The van der Waals surface area contributed by atoms with Gasteiger partial charge in [-0.2, -0.15) is 0 Å². The van der Waals surface area contributed by atoms with Crippen LogP contribution in [-0.2, 0) is 4.79 Å². The van der Waals surface area contributed by atoms with E-state index in [9.17, 15) is 4.79 Å². The largest absolute Gasteiger partial charge is 0.481 e. The zero-order valence-corrected chi connectivity index (χ0v) is 13.7. The van der Waals surface area contributed by atoms with Gasteiger partial charge in [0.15, 0.2) is 0 Å². The van der Waals surface area contributed by atoms with Gasteiger partial charge in [-0.05, 0) is 25.9 Å². The van der Waals surface area contributed by atoms with Crippen LogP contribution in [0.1, 0.15) is 84.5 Å². The number of hydrogen-bond acceptors (Lipinski definition) is 2. The summed E-state index contributed by atoms with van der Waals surface area (Å²) in [6.45, 7) is 7.33. The lowest BCUT2D eigenvalue weighted by Gasteiger charge is -2.21. The van der Waals surface area contributed by atoms with E-state index >= 15 is 0 Å². The Hall–Kier alpha value is -0.570. The molecule has 0 bridgehead atoms. The minimum atomic E-state index is -0.675. The van der Waals surface area contributed by atoms with Crippen molar-refractivity contribution < 1.29 is 9.90 Å². The molecule has 3 nitrogen and oxygen atoms in total. The van der Waals surface area contributed by atoms with Crippen LogP contribution in [0.3, 0.4) is 0 Å². The minimum Gasteiger partial charge on any atom is -0.481 e. The van der Waals surface area contributed by atoms with Crippen molar-refractivity contribution in [2.75, 3.05) is 19.6 Å². The number of rotatable bonds is 15. The fraction of sp³-hybridized carbons (Fsp3) is 0.941. The third kappa shape index (κ3) is 13.9. The van der Waals surface area contributed by atoms with Crippen molar-refractivity contribution in [3.05, 3.63) is 0 Å². The van der Waals surface area contributed by atoms with Crippen molar-refractivity contribution in [3.8, 4) is 0 Å². The van der Waals surface area contributed by atoms with E-state index in [0.29, 0.717) is 0 Å². The summed E-state index contributed by atoms with van der Waals surface area (Å²) in [7, 11) is 0. The fourth-order valence-electron chi connectivity index (χ4n) is 2.47. The van der Waals surface area contributed by atoms with Crippen molar-refractivity contribution >= 4 is 5.97 Å². The van der Waals surface area contributed by atoms with Gasteiger partial charge in [-0.1, -0.05) is 65.2 Å². The Bertz CT molecular complexity index is 219. The topological polar surface area (TPSA) is 40.5 Å². The Morgan fingerprint density at radius 3 is 1.70 bits per heavy atom. The summed E-state index contributed by atoms with van der Waals surface area (Å²) in [5, 5.41) is 8.81. The third-order valence-corrected chi connectivity index (χ3v) is 3.80. The second-order valence-electron chi connectivity index (χ2n) is 5.81. The minimum absolute atomic E-state index is 0.281. The maximum Gasteiger partial charge on any atom is 0.304 e. The van der Waals surface area contributed by atoms with Crippen LogP contribution in [0.25, 0.3) is 0 Å². The van der Waals surface area contributed by atoms with Gasteiger partial charge in [0.1, 0.15) is 0 Å². The molecular weight excluding hydrogens is 250 g/mol. The SMILES string of the molecule is CCCCCCCCN(CCCCCC)CCC(=O)O. The lowest BCUT2D eigenvalue weighted by molar-refractivity contribution is -0.137. The first-order chi connectivity index (χ1) is 9.70. The number of carbonyl (C=O) groups is 1. The normalized spacial score (nSPS) is 11.2. The molecule has 1 N–H and O–H groups in total. The van der Waals surface area contributed by atoms with Crippen molar-refractivity contribution in [1.82, 2.24) is 4.90 Å². The standard InChI is InChI=1S/C17H35NO2/c1-3-5-7-9-10-12-15-18(16-13-17(19)20)14-11-8-6-4-2/h3-16H2,1-2H3,(H,19,20). The van der Waals surface area contributed by atoms with Crippen molar-refractivity contribution in [3.63, 3.8) is 0 Å². The zero-order chi connectivity index (χ0) is 15.1. The second-order valence-corrected chi connectivity index (χ2v) is 5.81. The summed E-state index contributed by atoms with van der Waals surface area (Å²) in [6, 6.07) is 0. The number of aliphatic carboxylic acids is 1. The first-order valence-electron chi connectivity index (χ1n) is 8.64. The van der Waals surface area contributed by atoms with E-state index in [0.717, 1.165) is 19.6 Å². The highest BCUT2D eigenvalue weighted by Gasteiger charge is 2.07. The summed E-state index contributed by atoms with van der Waals surface area (Å²) < 4.78 is 0. The van der Waals surface area contributed by atoms with Crippen LogP contribution in [0, 0.1) is 0 Å². The summed E-state index contributed by atoms with van der Waals surface area (Å²) in [4.78, 5) is 13.1. The van der Waals surface area contributed by atoms with E-state index in [4.69, 9.17) is 5.11 Å². The van der Waals surface area contributed by atoms with Gasteiger partial charge in [0.05, 0.1) is 6.42 Å². The van der Waals surface area contributed by atoms with Crippen molar-refractivity contribution in [1.29, 1.82) is 0 Å². The summed E-state index contributed by atoms with van der Waals surface area (Å²) >= 11 is 0. The first-order valence-corrected chi connectivity index (χ1v) is 8.64. The number of carboxylic acids is 1. The van der Waals surface area contributed by atoms with Gasteiger partial charge >= 0.3 is 5.97 Å². The van der Waals surface area contributed by atoms with Crippen LogP contribution in [-0.4, -0.2) is 35.6 Å². The molecule has 0 radical (unpaired) electrons. The zero-order valence-electron chi connectivity index (χ0n) is 13.7. The molecule has 0 amide bonds. The highest BCUT2D eigenvalue weighted by Crippen LogP contribution is 2.08. The maximum absolute atomic E-state index is 10.7. The molecule has 0 aromatic rings. The average molecular weight is 285 g/mol. The molecule has 0 fully saturated rings. The predicted octanol–water partition coefficient (Wildman–Crippen LogP) is 4.70. The smallest absolute Gasteiger partial charge is 0.304 e. The van der Waals surface area contributed by atoms with Crippen LogP contribution >= 0.6 is 0 Å². The monoisotopic (exact) mass is 285 g/mol. The Kier molecular flexibility index (Phi) is 14.4. The third-order valence-electron chi connectivity index (χ3n) is 3.80. The number of hydrogen-bond donors (Lipinski definition) is 1. The van der Waals surface area contributed by atoms with Crippen LogP contribution < -0.4 is 0 Å². The van der Waals surface area contributed by atoms with Gasteiger partial charge in [-0.15, -0.1) is 0 Å². The molecule has 0 aromatic carbocycles. The number of nitrogens with zero attached hydrogens (tertiary/aromatic N) is 1. The van der Waals surface area contributed by atoms with E-state index in [2.05, 4.69) is 18.7 Å². The van der Waals surface area contributed by atoms with Gasteiger partial charge < -0.3 is 10.0 Å². The average Bonchev–Trinajstić information content (AvgIpc) is 2.43. The van der Waals surface area contributed by atoms with Gasteiger partial charge in [-0.25, -0.2) is 0 Å². The predicted molar refractivity (Wildman–Crippen MR) is 86.2 cm³/mol. The van der Waals surface area contributed by atoms with Gasteiger partial charge in [0, 0.05) is 6.54 Å². The Morgan fingerprint density at radius 2 is 1.20 bits per heavy atom. The van der Waals surface area contributed by atoms with Gasteiger partial charge in [0.2, 0.25) is 0 Å². The molecule has 0 aliphatic heterocycles. The molecule has 0 saturated carbocycles. The van der Waals surface area contributed by atoms with E-state index < -0.39 is 5.97 Å². The Labute approximate surface area is 125 Å². The summed E-state index contributed by atoms with van der Waals surface area (Å²) in [6.07, 6.45) is 13.1. The van der Waals surface area contributed by atoms with E-state index in [1.165, 1.54) is 64.2 Å². The number of unbranched alkanes of at least 4 members (excludes halogenated alkanes) is 8. The van der Waals surface area contributed by atoms with Crippen LogP contribution in [0.5, 0.6) is 0 Å². The van der Waals surface area contributed by atoms with Crippen LogP contribution in [0.4, 0.5) is 0 Å². The molecule has 3 heteroatoms. The van der Waals surface area contributed by atoms with Crippen molar-refractivity contribution in [2.45, 2.75) is 84.5 Å². The van der Waals surface area contributed by atoms with Gasteiger partial charge in [0.25, 0.3) is 0 Å². The van der Waals surface area contributed by atoms with E-state index in [-0.39, 0.29) is 6.42 Å². The number of carboxylic acid groups (broad SMARTS) is 1. The first kappa shape index (κ1) is 19.4. The Morgan fingerprint density at radius 1 is 0.750 bits per heavy atom. The summed E-state index contributed by atoms with van der Waals surface area (Å²) in [5.74, 6) is -0.675. The van der Waals surface area contributed by atoms with E-state index in [1.54, 1.807) is 0 Å². The molecule has 0 saturated heterocycles. The summed E-state index contributed by atoms with van der Waals surface area (Å²) in [5.41, 5.74) is 0. The molecule has 0 spiro atoms. The molecule has 0 unspecified atom stereocenters. The molecule has 120 valence electrons. The quantitative estimate of drug-likeness (QED) is 0.443. The highest BCUT2D eigenvalue weighted by molar-refractivity contribution is 5.66. The molecule has 0 aliphatic rings. The maximum atomic E-state index is 10.7. The molecular formula is C17H35NO2. The fourth-order valence-corrected chi connectivity index (χ4v) is 2.47.